The van der Waals surface area contributed by atoms with Crippen LogP contribution in [0.4, 0.5) is 15.1 Å². The van der Waals surface area contributed by atoms with Gasteiger partial charge in [-0.1, -0.05) is 23.7 Å². The number of nitrogens with zero attached hydrogens (tertiary/aromatic N) is 3. The summed E-state index contributed by atoms with van der Waals surface area (Å²) in [6.07, 6.45) is 0. The molecule has 2 amide bonds. The number of hydrogen-bond acceptors (Lipinski definition) is 9. The predicted molar refractivity (Wildman–Crippen MR) is 156 cm³/mol. The highest BCUT2D eigenvalue weighted by Crippen LogP contribution is 2.38. The zero-order valence-electron chi connectivity index (χ0n) is 21.5. The van der Waals surface area contributed by atoms with Gasteiger partial charge >= 0.3 is 5.97 Å². The number of nitro benzene ring substituents is 1. The van der Waals surface area contributed by atoms with Crippen molar-refractivity contribution in [2.45, 2.75) is 0 Å². The quantitative estimate of drug-likeness (QED) is 0.165. The van der Waals surface area contributed by atoms with Crippen molar-refractivity contribution < 1.29 is 28.4 Å². The van der Waals surface area contributed by atoms with Crippen LogP contribution in [-0.2, 0) is 9.53 Å². The van der Waals surface area contributed by atoms with Gasteiger partial charge in [-0.3, -0.25) is 24.6 Å². The number of piperazine rings is 1. The summed E-state index contributed by atoms with van der Waals surface area (Å²) in [6.45, 7) is 1.63. The Kier molecular flexibility index (Phi) is 8.31. The Morgan fingerprint density at radius 1 is 1.12 bits per heavy atom. The molecule has 0 atom stereocenters. The maximum absolute atomic E-state index is 13.4. The second kappa shape index (κ2) is 11.9. The maximum atomic E-state index is 13.4. The van der Waals surface area contributed by atoms with Crippen molar-refractivity contribution in [1.29, 1.82) is 0 Å². The van der Waals surface area contributed by atoms with Gasteiger partial charge in [0.25, 0.3) is 11.6 Å². The van der Waals surface area contributed by atoms with E-state index in [1.54, 1.807) is 28.5 Å². The molecule has 1 N–H and O–H groups in total. The van der Waals surface area contributed by atoms with Gasteiger partial charge in [-0.2, -0.15) is 0 Å². The second-order valence-electron chi connectivity index (χ2n) is 9.15. The summed E-state index contributed by atoms with van der Waals surface area (Å²) in [4.78, 5) is 53.1. The number of fused-ring (bicyclic) bond motifs is 1. The number of non-ortho nitro benzene ring substituents is 1. The number of carbonyl (C=O) groups is 3. The number of thiophene rings is 2. The summed E-state index contributed by atoms with van der Waals surface area (Å²) in [5.74, 6) is -1.63. The Bertz CT molecular complexity index is 1660. The fraction of sp³-hybridized carbons (Fsp3) is 0.222. The first-order chi connectivity index (χ1) is 19.7. The lowest BCUT2D eigenvalue weighted by molar-refractivity contribution is -0.384. The van der Waals surface area contributed by atoms with Crippen molar-refractivity contribution in [1.82, 2.24) is 9.80 Å². The number of hydrogen-bond donors (Lipinski definition) is 1. The molecule has 2 aromatic carbocycles. The first-order valence-electron chi connectivity index (χ1n) is 12.3. The third-order valence-electron chi connectivity index (χ3n) is 6.63. The lowest BCUT2D eigenvalue weighted by atomic mass is 10.0. The number of nitro groups is 1. The standard InChI is InChI=1S/C27H22ClFN4O6S2/c1-39-27(36)22-19(15-2-4-16(29)5-3-15)14-40-25(22)30-21(34)13-31-8-10-32(11-9-31)26(35)24-23(28)18-7-6-17(33(37)38)12-20(18)41-24/h2-7,12,14H,8-11,13H2,1H3,(H,30,34). The summed E-state index contributed by atoms with van der Waals surface area (Å²) in [6, 6.07) is 9.97. The van der Waals surface area contributed by atoms with Crippen LogP contribution in [0.5, 0.6) is 0 Å². The number of methoxy groups -OCH3 is 1. The Morgan fingerprint density at radius 3 is 2.49 bits per heavy atom. The molecule has 10 nitrogen and oxygen atoms in total. The molecule has 14 heteroatoms. The predicted octanol–water partition coefficient (Wildman–Crippen LogP) is 5.51. The Labute approximate surface area is 246 Å². The normalized spacial score (nSPS) is 13.8. The van der Waals surface area contributed by atoms with Gasteiger partial charge in [0.2, 0.25) is 5.91 Å². The molecule has 0 aliphatic carbocycles. The van der Waals surface area contributed by atoms with Crippen molar-refractivity contribution in [2.75, 3.05) is 45.2 Å². The van der Waals surface area contributed by atoms with E-state index in [4.69, 9.17) is 16.3 Å². The monoisotopic (exact) mass is 616 g/mol. The fourth-order valence-electron chi connectivity index (χ4n) is 4.52. The Balaban J connectivity index is 1.22. The van der Waals surface area contributed by atoms with Crippen molar-refractivity contribution in [3.8, 4) is 11.1 Å². The topological polar surface area (TPSA) is 122 Å². The number of halogens is 2. The van der Waals surface area contributed by atoms with Crippen LogP contribution in [0.25, 0.3) is 21.2 Å². The minimum Gasteiger partial charge on any atom is -0.465 e. The molecule has 0 unspecified atom stereocenters. The molecule has 3 heterocycles. The lowest BCUT2D eigenvalue weighted by Crippen LogP contribution is -2.50. The van der Waals surface area contributed by atoms with Crippen LogP contribution >= 0.6 is 34.3 Å². The highest BCUT2D eigenvalue weighted by atomic mass is 35.5. The molecule has 0 spiro atoms. The minimum absolute atomic E-state index is 0.0414. The van der Waals surface area contributed by atoms with Gasteiger partial charge in [0.05, 0.1) is 23.6 Å². The first kappa shape index (κ1) is 28.6. The number of benzene rings is 2. The molecule has 1 saturated heterocycles. The Morgan fingerprint density at radius 2 is 1.83 bits per heavy atom. The van der Waals surface area contributed by atoms with E-state index in [9.17, 15) is 28.9 Å². The second-order valence-corrected chi connectivity index (χ2v) is 11.5. The zero-order chi connectivity index (χ0) is 29.3. The molecule has 5 rings (SSSR count). The van der Waals surface area contributed by atoms with Gasteiger partial charge in [-0.15, -0.1) is 22.7 Å². The van der Waals surface area contributed by atoms with E-state index in [0.717, 1.165) is 11.3 Å². The highest BCUT2D eigenvalue weighted by Gasteiger charge is 2.28. The van der Waals surface area contributed by atoms with Crippen LogP contribution in [0, 0.1) is 15.9 Å². The van der Waals surface area contributed by atoms with Crippen LogP contribution in [0.1, 0.15) is 20.0 Å². The molecule has 0 saturated carbocycles. The smallest absolute Gasteiger partial charge is 0.341 e. The first-order valence-corrected chi connectivity index (χ1v) is 14.4. The van der Waals surface area contributed by atoms with E-state index in [1.165, 1.54) is 42.7 Å². The molecule has 212 valence electrons. The van der Waals surface area contributed by atoms with E-state index in [0.29, 0.717) is 57.3 Å². The molecular weight excluding hydrogens is 595 g/mol. The van der Waals surface area contributed by atoms with Crippen molar-refractivity contribution in [2.24, 2.45) is 0 Å². The summed E-state index contributed by atoms with van der Waals surface area (Å²) in [5.41, 5.74) is 1.26. The molecule has 4 aromatic rings. The minimum atomic E-state index is -0.623. The third kappa shape index (κ3) is 5.93. The number of amides is 2. The summed E-state index contributed by atoms with van der Waals surface area (Å²) < 4.78 is 18.9. The molecule has 2 aromatic heterocycles. The largest absolute Gasteiger partial charge is 0.465 e. The number of nitrogens with one attached hydrogen (secondary N) is 1. The molecule has 41 heavy (non-hydrogen) atoms. The van der Waals surface area contributed by atoms with Gasteiger partial charge in [-0.05, 0) is 23.8 Å². The average molecular weight is 617 g/mol. The van der Waals surface area contributed by atoms with Crippen LogP contribution in [0.2, 0.25) is 5.02 Å². The van der Waals surface area contributed by atoms with Crippen LogP contribution < -0.4 is 5.32 Å². The molecule has 1 fully saturated rings. The van der Waals surface area contributed by atoms with E-state index in [-0.39, 0.29) is 34.6 Å². The molecule has 0 bridgehead atoms. The van der Waals surface area contributed by atoms with E-state index in [1.807, 2.05) is 4.90 Å². The lowest BCUT2D eigenvalue weighted by Gasteiger charge is -2.34. The van der Waals surface area contributed by atoms with Crippen molar-refractivity contribution in [3.05, 3.63) is 79.2 Å². The molecule has 1 aliphatic rings. The third-order valence-corrected chi connectivity index (χ3v) is 9.17. The van der Waals surface area contributed by atoms with Gasteiger partial charge < -0.3 is 15.0 Å². The highest BCUT2D eigenvalue weighted by molar-refractivity contribution is 7.21. The van der Waals surface area contributed by atoms with Crippen LogP contribution in [-0.4, -0.2) is 72.3 Å². The average Bonchev–Trinajstić information content (AvgIpc) is 3.53. The number of carbonyl (C=O) groups excluding carboxylic acids is 3. The van der Waals surface area contributed by atoms with Gasteiger partial charge in [-0.25, -0.2) is 9.18 Å². The fourth-order valence-corrected chi connectivity index (χ4v) is 7.01. The molecular formula is C27H22ClFN4O6S2. The van der Waals surface area contributed by atoms with Crippen molar-refractivity contribution >= 4 is 72.8 Å². The van der Waals surface area contributed by atoms with Crippen molar-refractivity contribution in [3.63, 3.8) is 0 Å². The van der Waals surface area contributed by atoms with Crippen LogP contribution in [0.3, 0.4) is 0 Å². The number of rotatable bonds is 7. The summed E-state index contributed by atoms with van der Waals surface area (Å²) in [7, 11) is 1.25. The van der Waals surface area contributed by atoms with E-state index >= 15 is 0 Å². The molecule has 0 radical (unpaired) electrons. The number of ether oxygens (including phenoxy) is 1. The van der Waals surface area contributed by atoms with E-state index < -0.39 is 16.7 Å². The van der Waals surface area contributed by atoms with Crippen LogP contribution in [0.15, 0.2) is 47.8 Å². The number of esters is 1. The summed E-state index contributed by atoms with van der Waals surface area (Å²) >= 11 is 8.74. The maximum Gasteiger partial charge on any atom is 0.341 e. The molecule has 1 aliphatic heterocycles. The SMILES string of the molecule is COC(=O)c1c(-c2ccc(F)cc2)csc1NC(=O)CN1CCN(C(=O)c2sc3cc([N+](=O)[O-])ccc3c2Cl)CC1. The number of anilines is 1. The van der Waals surface area contributed by atoms with Gasteiger partial charge in [0.1, 0.15) is 21.3 Å². The van der Waals surface area contributed by atoms with E-state index in [2.05, 4.69) is 5.32 Å². The van der Waals surface area contributed by atoms with Gasteiger partial charge in [0.15, 0.2) is 0 Å². The summed E-state index contributed by atoms with van der Waals surface area (Å²) in [5, 5.41) is 16.8. The Hall–Kier alpha value is -3.91. The van der Waals surface area contributed by atoms with Gasteiger partial charge in [0, 0.05) is 59.3 Å². The zero-order valence-corrected chi connectivity index (χ0v) is 23.9.